The molecule has 1 aromatic heterocycles. The fourth-order valence-corrected chi connectivity index (χ4v) is 3.31. The second-order valence-electron chi connectivity index (χ2n) is 7.56. The SMILES string of the molecule is C=C1OB(c2ccc(N3Cc4c(N)ncnc4O[C@H](C)C3)cc2F)OC1(C)C. The van der Waals surface area contributed by atoms with Crippen molar-refractivity contribution >= 4 is 24.1 Å². The van der Waals surface area contributed by atoms with Crippen molar-refractivity contribution in [3.63, 3.8) is 0 Å². The van der Waals surface area contributed by atoms with Crippen molar-refractivity contribution in [2.24, 2.45) is 0 Å². The molecule has 9 heteroatoms. The topological polar surface area (TPSA) is 82.7 Å². The van der Waals surface area contributed by atoms with Crippen LogP contribution in [0.1, 0.15) is 26.3 Å². The fourth-order valence-electron chi connectivity index (χ4n) is 3.31. The molecule has 2 aromatic rings. The fraction of sp³-hybridized carbons (Fsp3) is 0.368. The first-order valence-electron chi connectivity index (χ1n) is 9.09. The third kappa shape index (κ3) is 3.26. The van der Waals surface area contributed by atoms with E-state index in [0.29, 0.717) is 47.3 Å². The Morgan fingerprint density at radius 1 is 1.36 bits per heavy atom. The molecule has 2 aliphatic rings. The van der Waals surface area contributed by atoms with E-state index in [9.17, 15) is 4.39 Å². The van der Waals surface area contributed by atoms with E-state index in [0.717, 1.165) is 0 Å². The Morgan fingerprint density at radius 3 is 2.82 bits per heavy atom. The summed E-state index contributed by atoms with van der Waals surface area (Å²) >= 11 is 0. The van der Waals surface area contributed by atoms with Gasteiger partial charge >= 0.3 is 7.12 Å². The lowest BCUT2D eigenvalue weighted by Gasteiger charge is -2.25. The Labute approximate surface area is 163 Å². The van der Waals surface area contributed by atoms with Crippen LogP contribution >= 0.6 is 0 Å². The minimum Gasteiger partial charge on any atom is -0.534 e. The highest BCUT2D eigenvalue weighted by Gasteiger charge is 2.44. The van der Waals surface area contributed by atoms with Crippen LogP contribution < -0.4 is 20.8 Å². The molecular weight excluding hydrogens is 362 g/mol. The maximum Gasteiger partial charge on any atom is 0.566 e. The van der Waals surface area contributed by atoms with Crippen LogP contribution in [0.2, 0.25) is 0 Å². The van der Waals surface area contributed by atoms with Crippen molar-refractivity contribution in [2.75, 3.05) is 17.2 Å². The average molecular weight is 384 g/mol. The van der Waals surface area contributed by atoms with Gasteiger partial charge in [0.15, 0.2) is 0 Å². The standard InChI is InChI=1S/C19H22BFN4O3/c1-11-8-25(9-14-17(22)23-10-24-18(14)26-11)13-5-6-15(16(21)7-13)20-27-12(2)19(3,4)28-20/h5-7,10-11H,2,8-9H2,1,3-4H3,(H2,22,23,24)/t11-/m1/s1. The maximum atomic E-state index is 14.9. The van der Waals surface area contributed by atoms with E-state index in [1.807, 2.05) is 31.7 Å². The van der Waals surface area contributed by atoms with Crippen molar-refractivity contribution in [1.82, 2.24) is 9.97 Å². The smallest absolute Gasteiger partial charge is 0.534 e. The number of nitrogens with zero attached hydrogens (tertiary/aromatic N) is 3. The van der Waals surface area contributed by atoms with E-state index in [1.54, 1.807) is 6.07 Å². The summed E-state index contributed by atoms with van der Waals surface area (Å²) in [4.78, 5) is 10.2. The molecule has 3 heterocycles. The lowest BCUT2D eigenvalue weighted by atomic mass is 9.78. The van der Waals surface area contributed by atoms with Gasteiger partial charge in [0.05, 0.1) is 24.4 Å². The number of hydrogen-bond acceptors (Lipinski definition) is 7. The minimum atomic E-state index is -0.812. The molecule has 2 aliphatic heterocycles. The molecule has 1 atom stereocenters. The molecule has 1 aromatic carbocycles. The van der Waals surface area contributed by atoms with E-state index in [1.165, 1.54) is 12.4 Å². The number of hydrogen-bond donors (Lipinski definition) is 1. The molecule has 0 unspecified atom stereocenters. The van der Waals surface area contributed by atoms with Gasteiger partial charge in [-0.15, -0.1) is 0 Å². The van der Waals surface area contributed by atoms with Gasteiger partial charge in [0, 0.05) is 11.2 Å². The van der Waals surface area contributed by atoms with Gasteiger partial charge < -0.3 is 24.7 Å². The first-order valence-corrected chi connectivity index (χ1v) is 9.09. The van der Waals surface area contributed by atoms with Crippen LogP contribution in [0.5, 0.6) is 5.88 Å². The van der Waals surface area contributed by atoms with Crippen LogP contribution in [0.15, 0.2) is 36.9 Å². The summed E-state index contributed by atoms with van der Waals surface area (Å²) in [5.41, 5.74) is 7.06. The molecular formula is C19H22BFN4O3. The molecule has 0 saturated carbocycles. The lowest BCUT2D eigenvalue weighted by Crippen LogP contribution is -2.37. The third-order valence-electron chi connectivity index (χ3n) is 5.00. The number of ether oxygens (including phenoxy) is 1. The summed E-state index contributed by atoms with van der Waals surface area (Å²) in [6.45, 7) is 10.4. The van der Waals surface area contributed by atoms with Gasteiger partial charge in [-0.1, -0.05) is 12.6 Å². The number of fused-ring (bicyclic) bond motifs is 1. The van der Waals surface area contributed by atoms with Gasteiger partial charge in [-0.05, 0) is 32.9 Å². The van der Waals surface area contributed by atoms with Crippen LogP contribution in [0.25, 0.3) is 0 Å². The predicted octanol–water partition coefficient (Wildman–Crippen LogP) is 2.02. The highest BCUT2D eigenvalue weighted by atomic mass is 19.1. The summed E-state index contributed by atoms with van der Waals surface area (Å²) < 4.78 is 32.1. The largest absolute Gasteiger partial charge is 0.566 e. The highest BCUT2D eigenvalue weighted by molar-refractivity contribution is 6.62. The van der Waals surface area contributed by atoms with Crippen LogP contribution in [0, 0.1) is 5.82 Å². The average Bonchev–Trinajstić information content (AvgIpc) is 2.78. The van der Waals surface area contributed by atoms with Crippen molar-refractivity contribution in [3.8, 4) is 5.88 Å². The molecule has 146 valence electrons. The number of benzene rings is 1. The van der Waals surface area contributed by atoms with E-state index < -0.39 is 18.5 Å². The molecule has 7 nitrogen and oxygen atoms in total. The van der Waals surface area contributed by atoms with Gasteiger partial charge in [-0.3, -0.25) is 0 Å². The summed E-state index contributed by atoms with van der Waals surface area (Å²) in [6.07, 6.45) is 1.23. The molecule has 1 fully saturated rings. The Hall–Kier alpha value is -2.81. The molecule has 28 heavy (non-hydrogen) atoms. The summed E-state index contributed by atoms with van der Waals surface area (Å²) in [7, 11) is -0.812. The van der Waals surface area contributed by atoms with Crippen LogP contribution in [0.3, 0.4) is 0 Å². The van der Waals surface area contributed by atoms with Crippen molar-refractivity contribution in [1.29, 1.82) is 0 Å². The second-order valence-corrected chi connectivity index (χ2v) is 7.56. The number of halogens is 1. The predicted molar refractivity (Wildman–Crippen MR) is 105 cm³/mol. The number of nitrogen functional groups attached to an aromatic ring is 1. The highest BCUT2D eigenvalue weighted by Crippen LogP contribution is 2.31. The van der Waals surface area contributed by atoms with Gasteiger partial charge in [0.1, 0.15) is 29.7 Å². The molecule has 0 amide bonds. The van der Waals surface area contributed by atoms with E-state index in [-0.39, 0.29) is 6.10 Å². The van der Waals surface area contributed by atoms with Crippen molar-refractivity contribution < 1.29 is 18.4 Å². The normalized spacial score (nSPS) is 21.0. The van der Waals surface area contributed by atoms with Crippen LogP contribution in [0.4, 0.5) is 15.9 Å². The quantitative estimate of drug-likeness (QED) is 0.794. The molecule has 1 saturated heterocycles. The molecule has 0 spiro atoms. The van der Waals surface area contributed by atoms with Crippen LogP contribution in [-0.2, 0) is 15.9 Å². The van der Waals surface area contributed by atoms with Crippen molar-refractivity contribution in [2.45, 2.75) is 39.0 Å². The molecule has 4 rings (SSSR count). The van der Waals surface area contributed by atoms with Gasteiger partial charge in [0.25, 0.3) is 0 Å². The van der Waals surface area contributed by atoms with Crippen molar-refractivity contribution in [3.05, 3.63) is 48.2 Å². The van der Waals surface area contributed by atoms with E-state index in [4.69, 9.17) is 19.8 Å². The van der Waals surface area contributed by atoms with E-state index >= 15 is 0 Å². The van der Waals surface area contributed by atoms with Crippen LogP contribution in [-0.4, -0.2) is 35.3 Å². The molecule has 0 bridgehead atoms. The zero-order valence-corrected chi connectivity index (χ0v) is 16.1. The van der Waals surface area contributed by atoms with E-state index in [2.05, 4.69) is 16.5 Å². The first-order chi connectivity index (χ1) is 13.2. The number of rotatable bonds is 2. The second kappa shape index (κ2) is 6.66. The maximum absolute atomic E-state index is 14.9. The zero-order valence-electron chi connectivity index (χ0n) is 16.1. The Kier molecular flexibility index (Phi) is 4.42. The third-order valence-corrected chi connectivity index (χ3v) is 5.00. The molecule has 0 aliphatic carbocycles. The first kappa shape index (κ1) is 18.6. The van der Waals surface area contributed by atoms with Gasteiger partial charge in [0.2, 0.25) is 5.88 Å². The Morgan fingerprint density at radius 2 is 2.14 bits per heavy atom. The molecule has 0 radical (unpaired) electrons. The number of anilines is 2. The Balaban J connectivity index is 1.62. The summed E-state index contributed by atoms with van der Waals surface area (Å²) in [6, 6.07) is 4.97. The number of aromatic nitrogens is 2. The number of nitrogens with two attached hydrogens (primary N) is 1. The lowest BCUT2D eigenvalue weighted by molar-refractivity contribution is 0.173. The van der Waals surface area contributed by atoms with Gasteiger partial charge in [-0.25, -0.2) is 14.4 Å². The zero-order chi connectivity index (χ0) is 20.1. The minimum absolute atomic E-state index is 0.149. The van der Waals surface area contributed by atoms with Gasteiger partial charge in [-0.2, -0.15) is 0 Å². The molecule has 2 N–H and O–H groups in total. The monoisotopic (exact) mass is 384 g/mol. The Bertz CT molecular complexity index is 939. The summed E-state index contributed by atoms with van der Waals surface area (Å²) in [5, 5.41) is 0. The summed E-state index contributed by atoms with van der Waals surface area (Å²) in [5.74, 6) is 0.887.